The van der Waals surface area contributed by atoms with Crippen LogP contribution in [0.25, 0.3) is 0 Å². The zero-order valence-electron chi connectivity index (χ0n) is 9.60. The lowest BCUT2D eigenvalue weighted by atomic mass is 10.2. The monoisotopic (exact) mass is 230 g/mol. The molecule has 0 spiro atoms. The van der Waals surface area contributed by atoms with Crippen molar-refractivity contribution in [1.29, 1.82) is 0 Å². The molecule has 1 aliphatic rings. The molecule has 16 heavy (non-hydrogen) atoms. The molecule has 0 unspecified atom stereocenters. The number of aliphatic carboxylic acids is 1. The van der Waals surface area contributed by atoms with Crippen LogP contribution in [-0.4, -0.2) is 46.4 Å². The van der Waals surface area contributed by atoms with E-state index in [-0.39, 0.29) is 13.0 Å². The second-order valence-electron chi connectivity index (χ2n) is 4.86. The fraction of sp³-hybridized carbons (Fsp3) is 0.800. The molecule has 0 radical (unpaired) electrons. The van der Waals surface area contributed by atoms with Crippen LogP contribution in [0.5, 0.6) is 0 Å². The number of aliphatic hydroxyl groups excluding tert-OH is 1. The number of carbonyl (C=O) groups excluding carboxylic acids is 2. The summed E-state index contributed by atoms with van der Waals surface area (Å²) in [7, 11) is 0. The Hall–Kier alpha value is -1.30. The Morgan fingerprint density at radius 3 is 2.44 bits per heavy atom. The highest BCUT2D eigenvalue weighted by Crippen LogP contribution is 2.20. The number of hydrogen-bond acceptors (Lipinski definition) is 5. The van der Waals surface area contributed by atoms with E-state index < -0.39 is 29.8 Å². The largest absolute Gasteiger partial charge is 0.548 e. The normalized spacial score (nSPS) is 25.6. The van der Waals surface area contributed by atoms with Crippen LogP contribution in [0.15, 0.2) is 0 Å². The Morgan fingerprint density at radius 2 is 2.00 bits per heavy atom. The number of likely N-dealkylation sites (tertiary alicyclic amines) is 1. The van der Waals surface area contributed by atoms with E-state index in [1.54, 1.807) is 20.8 Å². The summed E-state index contributed by atoms with van der Waals surface area (Å²) in [6.45, 7) is 5.02. The van der Waals surface area contributed by atoms with Gasteiger partial charge in [-0.3, -0.25) is 4.90 Å². The highest BCUT2D eigenvalue weighted by atomic mass is 16.6. The molecular formula is C10H16NO5-. The molecule has 1 saturated heterocycles. The van der Waals surface area contributed by atoms with Gasteiger partial charge in [-0.1, -0.05) is 0 Å². The molecule has 0 aromatic carbocycles. The first-order chi connectivity index (χ1) is 7.20. The van der Waals surface area contributed by atoms with Gasteiger partial charge >= 0.3 is 6.09 Å². The smallest absolute Gasteiger partial charge is 0.410 e. The maximum Gasteiger partial charge on any atom is 0.410 e. The molecule has 0 saturated carbocycles. The second kappa shape index (κ2) is 4.29. The summed E-state index contributed by atoms with van der Waals surface area (Å²) in [5.74, 6) is -1.37. The van der Waals surface area contributed by atoms with Crippen LogP contribution >= 0.6 is 0 Å². The fourth-order valence-corrected chi connectivity index (χ4v) is 1.56. The number of nitrogens with zero attached hydrogens (tertiary/aromatic N) is 1. The van der Waals surface area contributed by atoms with E-state index in [1.165, 1.54) is 0 Å². The first-order valence-electron chi connectivity index (χ1n) is 5.09. The summed E-state index contributed by atoms with van der Waals surface area (Å²) in [6, 6.07) is -1.11. The molecule has 6 nitrogen and oxygen atoms in total. The van der Waals surface area contributed by atoms with Crippen LogP contribution < -0.4 is 5.11 Å². The summed E-state index contributed by atoms with van der Waals surface area (Å²) in [5, 5.41) is 20.1. The Labute approximate surface area is 93.8 Å². The Kier molecular flexibility index (Phi) is 3.42. The summed E-state index contributed by atoms with van der Waals surface area (Å²) in [6.07, 6.45) is -1.59. The van der Waals surface area contributed by atoms with E-state index in [9.17, 15) is 19.8 Å². The third kappa shape index (κ3) is 3.10. The van der Waals surface area contributed by atoms with Gasteiger partial charge in [0.2, 0.25) is 0 Å². The number of carboxylic acid groups (broad SMARTS) is 1. The number of carbonyl (C=O) groups is 2. The first kappa shape index (κ1) is 12.8. The number of carboxylic acids is 1. The van der Waals surface area contributed by atoms with E-state index in [0.29, 0.717) is 0 Å². The van der Waals surface area contributed by atoms with Crippen molar-refractivity contribution in [3.8, 4) is 0 Å². The standard InChI is InChI=1S/C10H17NO5/c1-10(2,3)16-9(15)11-5-6(12)4-7(11)8(13)14/h6-7,12H,4-5H2,1-3H3,(H,13,14)/p-1/t6-,7-/m1/s1. The molecular weight excluding hydrogens is 214 g/mol. The average Bonchev–Trinajstić information content (AvgIpc) is 2.44. The van der Waals surface area contributed by atoms with Crippen LogP contribution in [0, 0.1) is 0 Å². The van der Waals surface area contributed by atoms with Gasteiger partial charge < -0.3 is 19.7 Å². The number of amides is 1. The van der Waals surface area contributed by atoms with E-state index in [4.69, 9.17) is 4.74 Å². The first-order valence-corrected chi connectivity index (χ1v) is 5.09. The van der Waals surface area contributed by atoms with Gasteiger partial charge in [-0.25, -0.2) is 4.79 Å². The molecule has 6 heteroatoms. The minimum atomic E-state index is -1.37. The van der Waals surface area contributed by atoms with Gasteiger partial charge in [0.25, 0.3) is 0 Å². The van der Waals surface area contributed by atoms with Gasteiger partial charge in [0.05, 0.1) is 24.7 Å². The van der Waals surface area contributed by atoms with Gasteiger partial charge in [0, 0.05) is 6.42 Å². The van der Waals surface area contributed by atoms with E-state index in [1.807, 2.05) is 0 Å². The second-order valence-corrected chi connectivity index (χ2v) is 4.86. The molecule has 1 amide bonds. The van der Waals surface area contributed by atoms with Gasteiger partial charge in [-0.15, -0.1) is 0 Å². The molecule has 0 aliphatic carbocycles. The molecule has 2 atom stereocenters. The highest BCUT2D eigenvalue weighted by Gasteiger charge is 2.37. The maximum absolute atomic E-state index is 11.6. The molecule has 92 valence electrons. The van der Waals surface area contributed by atoms with Crippen LogP contribution in [-0.2, 0) is 9.53 Å². The van der Waals surface area contributed by atoms with Crippen LogP contribution in [0.2, 0.25) is 0 Å². The summed E-state index contributed by atoms with van der Waals surface area (Å²) in [5.41, 5.74) is -0.693. The molecule has 0 aromatic rings. The number of hydrogen-bond donors (Lipinski definition) is 1. The molecule has 1 fully saturated rings. The molecule has 1 N–H and O–H groups in total. The Morgan fingerprint density at radius 1 is 1.44 bits per heavy atom. The highest BCUT2D eigenvalue weighted by molar-refractivity contribution is 5.79. The van der Waals surface area contributed by atoms with Crippen molar-refractivity contribution in [2.45, 2.75) is 44.9 Å². The van der Waals surface area contributed by atoms with Crippen molar-refractivity contribution >= 4 is 12.1 Å². The Balaban J connectivity index is 2.71. The van der Waals surface area contributed by atoms with Crippen molar-refractivity contribution < 1.29 is 24.5 Å². The maximum atomic E-state index is 11.6. The van der Waals surface area contributed by atoms with Gasteiger partial charge in [0.1, 0.15) is 5.60 Å². The van der Waals surface area contributed by atoms with Crippen molar-refractivity contribution in [3.63, 3.8) is 0 Å². The quantitative estimate of drug-likeness (QED) is 0.631. The van der Waals surface area contributed by atoms with E-state index in [0.717, 1.165) is 4.90 Å². The zero-order valence-corrected chi connectivity index (χ0v) is 9.60. The third-order valence-electron chi connectivity index (χ3n) is 2.18. The SMILES string of the molecule is CC(C)(C)OC(=O)N1C[C@H](O)C[C@@H]1C(=O)[O-]. The number of aliphatic hydroxyl groups is 1. The lowest BCUT2D eigenvalue weighted by molar-refractivity contribution is -0.310. The van der Waals surface area contributed by atoms with Crippen molar-refractivity contribution in [2.24, 2.45) is 0 Å². The van der Waals surface area contributed by atoms with Crippen molar-refractivity contribution in [1.82, 2.24) is 4.90 Å². The molecule has 0 aromatic heterocycles. The Bertz CT molecular complexity index is 296. The van der Waals surface area contributed by atoms with Gasteiger partial charge in [-0.2, -0.15) is 0 Å². The minimum Gasteiger partial charge on any atom is -0.548 e. The number of ether oxygens (including phenoxy) is 1. The van der Waals surface area contributed by atoms with Crippen molar-refractivity contribution in [3.05, 3.63) is 0 Å². The van der Waals surface area contributed by atoms with Crippen LogP contribution in [0.4, 0.5) is 4.79 Å². The van der Waals surface area contributed by atoms with E-state index >= 15 is 0 Å². The molecule has 1 heterocycles. The third-order valence-corrected chi connectivity index (χ3v) is 2.18. The average molecular weight is 230 g/mol. The predicted octanol–water partition coefficient (Wildman–Crippen LogP) is -0.893. The topological polar surface area (TPSA) is 89.9 Å². The predicted molar refractivity (Wildman–Crippen MR) is 52.4 cm³/mol. The van der Waals surface area contributed by atoms with E-state index in [2.05, 4.69) is 0 Å². The molecule has 1 aliphatic heterocycles. The minimum absolute atomic E-state index is 0.0123. The van der Waals surface area contributed by atoms with Crippen molar-refractivity contribution in [2.75, 3.05) is 6.54 Å². The lowest BCUT2D eigenvalue weighted by Gasteiger charge is -2.28. The summed E-state index contributed by atoms with van der Waals surface area (Å²) < 4.78 is 5.04. The molecule has 0 bridgehead atoms. The van der Waals surface area contributed by atoms with Gasteiger partial charge in [-0.05, 0) is 20.8 Å². The fourth-order valence-electron chi connectivity index (χ4n) is 1.56. The van der Waals surface area contributed by atoms with Crippen LogP contribution in [0.1, 0.15) is 27.2 Å². The number of rotatable bonds is 1. The summed E-state index contributed by atoms with van der Waals surface area (Å²) in [4.78, 5) is 23.4. The molecule has 1 rings (SSSR count). The lowest BCUT2D eigenvalue weighted by Crippen LogP contribution is -2.48. The van der Waals surface area contributed by atoms with Gasteiger partial charge in [0.15, 0.2) is 0 Å². The van der Waals surface area contributed by atoms with Crippen LogP contribution in [0.3, 0.4) is 0 Å². The number of β-amino-alcohol motifs (C(OH)–C–C–N with tert-alkyl or cyclic N) is 1. The zero-order chi connectivity index (χ0) is 12.5. The summed E-state index contributed by atoms with van der Waals surface area (Å²) >= 11 is 0.